The van der Waals surface area contributed by atoms with Gasteiger partial charge in [0.15, 0.2) is 12.4 Å². The molecule has 0 N–H and O–H groups in total. The summed E-state index contributed by atoms with van der Waals surface area (Å²) in [4.78, 5) is 24.4. The van der Waals surface area contributed by atoms with Crippen LogP contribution in [0.3, 0.4) is 0 Å². The van der Waals surface area contributed by atoms with E-state index in [1.807, 2.05) is 18.4 Å². The normalized spacial score (nSPS) is 10.1. The predicted molar refractivity (Wildman–Crippen MR) is 85.8 cm³/mol. The molecule has 114 valence electrons. The number of carbonyl (C=O) groups excluding carboxylic acids is 2. The Bertz CT molecular complexity index is 647. The number of esters is 1. The van der Waals surface area contributed by atoms with Crippen molar-refractivity contribution in [2.75, 3.05) is 20.0 Å². The van der Waals surface area contributed by atoms with Gasteiger partial charge in [0, 0.05) is 10.5 Å². The Kier molecular flexibility index (Phi) is 5.61. The maximum atomic E-state index is 12.0. The van der Waals surface area contributed by atoms with Crippen LogP contribution in [0.2, 0.25) is 0 Å². The first kappa shape index (κ1) is 16.1. The zero-order chi connectivity index (χ0) is 15.9. The average molecular weight is 316 g/mol. The van der Waals surface area contributed by atoms with Crippen LogP contribution in [0.5, 0.6) is 5.75 Å². The fraction of sp³-hybridized carbons (Fsp3) is 0.176. The van der Waals surface area contributed by atoms with E-state index in [9.17, 15) is 9.59 Å². The summed E-state index contributed by atoms with van der Waals surface area (Å²) in [6, 6.07) is 13.9. The van der Waals surface area contributed by atoms with Gasteiger partial charge >= 0.3 is 5.97 Å². The van der Waals surface area contributed by atoms with Gasteiger partial charge in [0.1, 0.15) is 5.75 Å². The van der Waals surface area contributed by atoms with Crippen LogP contribution in [0.25, 0.3) is 0 Å². The van der Waals surface area contributed by atoms with Crippen molar-refractivity contribution in [2.45, 2.75) is 4.90 Å². The van der Waals surface area contributed by atoms with E-state index >= 15 is 0 Å². The number of carbonyl (C=O) groups is 2. The van der Waals surface area contributed by atoms with Crippen LogP contribution >= 0.6 is 11.8 Å². The second-order valence-electron chi connectivity index (χ2n) is 4.46. The van der Waals surface area contributed by atoms with Crippen molar-refractivity contribution in [3.63, 3.8) is 0 Å². The minimum Gasteiger partial charge on any atom is -0.485 e. The molecule has 0 unspecified atom stereocenters. The number of rotatable bonds is 6. The summed E-state index contributed by atoms with van der Waals surface area (Å²) in [5, 5.41) is 0. The molecule has 0 aromatic heterocycles. The maximum absolute atomic E-state index is 12.0. The second kappa shape index (κ2) is 7.66. The van der Waals surface area contributed by atoms with Gasteiger partial charge in [-0.25, -0.2) is 4.79 Å². The van der Waals surface area contributed by atoms with Crippen molar-refractivity contribution in [3.8, 4) is 5.75 Å². The number of ether oxygens (including phenoxy) is 2. The van der Waals surface area contributed by atoms with Gasteiger partial charge in [-0.05, 0) is 42.7 Å². The van der Waals surface area contributed by atoms with Crippen LogP contribution in [0.1, 0.15) is 20.7 Å². The molecule has 0 radical (unpaired) electrons. The third-order valence-electron chi connectivity index (χ3n) is 3.06. The Morgan fingerprint density at radius 1 is 0.955 bits per heavy atom. The smallest absolute Gasteiger partial charge is 0.337 e. The van der Waals surface area contributed by atoms with E-state index in [1.54, 1.807) is 48.2 Å². The highest BCUT2D eigenvalue weighted by Crippen LogP contribution is 2.16. The Balaban J connectivity index is 1.94. The van der Waals surface area contributed by atoms with Crippen LogP contribution in [0, 0.1) is 0 Å². The fourth-order valence-corrected chi connectivity index (χ4v) is 2.22. The van der Waals surface area contributed by atoms with Crippen molar-refractivity contribution in [2.24, 2.45) is 0 Å². The lowest BCUT2D eigenvalue weighted by Gasteiger charge is -2.07. The molecule has 0 amide bonds. The summed E-state index contributed by atoms with van der Waals surface area (Å²) in [7, 11) is 1.33. The summed E-state index contributed by atoms with van der Waals surface area (Å²) < 4.78 is 10.1. The highest BCUT2D eigenvalue weighted by molar-refractivity contribution is 7.98. The van der Waals surface area contributed by atoms with Crippen LogP contribution in [-0.4, -0.2) is 31.7 Å². The standard InChI is InChI=1S/C17H16O4S/c1-20-17(19)13-3-7-14(8-4-13)21-11-16(18)12-5-9-15(22-2)10-6-12/h3-10H,11H2,1-2H3. The zero-order valence-corrected chi connectivity index (χ0v) is 13.2. The molecule has 0 aliphatic carbocycles. The number of hydrogen-bond donors (Lipinski definition) is 0. The highest BCUT2D eigenvalue weighted by atomic mass is 32.2. The topological polar surface area (TPSA) is 52.6 Å². The Morgan fingerprint density at radius 3 is 2.09 bits per heavy atom. The van der Waals surface area contributed by atoms with Gasteiger partial charge in [-0.2, -0.15) is 0 Å². The molecule has 0 saturated heterocycles. The molecule has 0 saturated carbocycles. The summed E-state index contributed by atoms with van der Waals surface area (Å²) in [5.74, 6) is 0.0305. The molecule has 0 aliphatic rings. The van der Waals surface area contributed by atoms with Gasteiger partial charge in [0.25, 0.3) is 0 Å². The molecule has 2 aromatic rings. The van der Waals surface area contributed by atoms with E-state index in [-0.39, 0.29) is 12.4 Å². The van der Waals surface area contributed by atoms with Crippen molar-refractivity contribution < 1.29 is 19.1 Å². The van der Waals surface area contributed by atoms with Crippen LogP contribution in [0.4, 0.5) is 0 Å². The van der Waals surface area contributed by atoms with Crippen molar-refractivity contribution in [1.29, 1.82) is 0 Å². The molecule has 0 fully saturated rings. The molecule has 2 rings (SSSR count). The van der Waals surface area contributed by atoms with Gasteiger partial charge in [0.05, 0.1) is 12.7 Å². The number of thioether (sulfide) groups is 1. The van der Waals surface area contributed by atoms with Crippen LogP contribution in [-0.2, 0) is 4.74 Å². The Morgan fingerprint density at radius 2 is 1.55 bits per heavy atom. The SMILES string of the molecule is COC(=O)c1ccc(OCC(=O)c2ccc(SC)cc2)cc1. The number of hydrogen-bond acceptors (Lipinski definition) is 5. The highest BCUT2D eigenvalue weighted by Gasteiger charge is 2.08. The van der Waals surface area contributed by atoms with Crippen molar-refractivity contribution >= 4 is 23.5 Å². The first-order valence-electron chi connectivity index (χ1n) is 6.62. The molecule has 0 atom stereocenters. The number of ketones is 1. The first-order chi connectivity index (χ1) is 10.6. The zero-order valence-electron chi connectivity index (χ0n) is 12.4. The van der Waals surface area contributed by atoms with E-state index in [1.165, 1.54) is 7.11 Å². The molecule has 22 heavy (non-hydrogen) atoms. The van der Waals surface area contributed by atoms with Gasteiger partial charge in [0.2, 0.25) is 0 Å². The van der Waals surface area contributed by atoms with Crippen LogP contribution < -0.4 is 4.74 Å². The minimum absolute atomic E-state index is 0.0455. The van der Waals surface area contributed by atoms with Gasteiger partial charge in [-0.3, -0.25) is 4.79 Å². The van der Waals surface area contributed by atoms with Crippen molar-refractivity contribution in [3.05, 3.63) is 59.7 Å². The van der Waals surface area contributed by atoms with E-state index in [2.05, 4.69) is 4.74 Å². The summed E-state index contributed by atoms with van der Waals surface area (Å²) in [5.41, 5.74) is 1.05. The van der Waals surface area contributed by atoms with Crippen molar-refractivity contribution in [1.82, 2.24) is 0 Å². The largest absolute Gasteiger partial charge is 0.485 e. The number of Topliss-reactive ketones (excluding diaryl/α,β-unsaturated/α-hetero) is 1. The summed E-state index contributed by atoms with van der Waals surface area (Å²) in [6.45, 7) is -0.0455. The van der Waals surface area contributed by atoms with Gasteiger partial charge < -0.3 is 9.47 Å². The molecular weight excluding hydrogens is 300 g/mol. The predicted octanol–water partition coefficient (Wildman–Crippen LogP) is 3.46. The molecule has 2 aromatic carbocycles. The van der Waals surface area contributed by atoms with E-state index in [4.69, 9.17) is 4.74 Å². The lowest BCUT2D eigenvalue weighted by Crippen LogP contribution is -2.11. The summed E-state index contributed by atoms with van der Waals surface area (Å²) in [6.07, 6.45) is 1.98. The molecule has 0 bridgehead atoms. The number of methoxy groups -OCH3 is 1. The maximum Gasteiger partial charge on any atom is 0.337 e. The fourth-order valence-electron chi connectivity index (χ4n) is 1.81. The average Bonchev–Trinajstić information content (AvgIpc) is 2.59. The lowest BCUT2D eigenvalue weighted by molar-refractivity contribution is 0.0600. The molecule has 5 heteroatoms. The monoisotopic (exact) mass is 316 g/mol. The third-order valence-corrected chi connectivity index (χ3v) is 3.80. The third kappa shape index (κ3) is 4.11. The molecule has 4 nitrogen and oxygen atoms in total. The first-order valence-corrected chi connectivity index (χ1v) is 7.85. The molecular formula is C17H16O4S. The quantitative estimate of drug-likeness (QED) is 0.464. The Labute approximate surface area is 133 Å². The second-order valence-corrected chi connectivity index (χ2v) is 5.34. The van der Waals surface area contributed by atoms with E-state index < -0.39 is 5.97 Å². The van der Waals surface area contributed by atoms with Crippen LogP contribution in [0.15, 0.2) is 53.4 Å². The summed E-state index contributed by atoms with van der Waals surface area (Å²) >= 11 is 1.62. The molecule has 0 heterocycles. The van der Waals surface area contributed by atoms with E-state index in [0.29, 0.717) is 16.9 Å². The van der Waals surface area contributed by atoms with E-state index in [0.717, 1.165) is 4.90 Å². The Hall–Kier alpha value is -2.27. The number of benzene rings is 2. The minimum atomic E-state index is -0.406. The van der Waals surface area contributed by atoms with Gasteiger partial charge in [-0.1, -0.05) is 12.1 Å². The lowest BCUT2D eigenvalue weighted by atomic mass is 10.1. The van der Waals surface area contributed by atoms with Gasteiger partial charge in [-0.15, -0.1) is 11.8 Å². The molecule has 0 spiro atoms. The molecule has 0 aliphatic heterocycles.